The van der Waals surface area contributed by atoms with E-state index in [-0.39, 0.29) is 49.3 Å². The van der Waals surface area contributed by atoms with Crippen LogP contribution in [0.1, 0.15) is 71.1 Å². The summed E-state index contributed by atoms with van der Waals surface area (Å²) < 4.78 is 89.1. The summed E-state index contributed by atoms with van der Waals surface area (Å²) in [5, 5.41) is 10.8. The highest BCUT2D eigenvalue weighted by Gasteiger charge is 2.38. The molecule has 0 saturated carbocycles. The smallest absolute Gasteiger partial charge is 0.416 e. The molecule has 2 atom stereocenters. The molecule has 8 nitrogen and oxygen atoms in total. The minimum absolute atomic E-state index is 0.0827. The molecule has 1 saturated heterocycles. The third kappa shape index (κ3) is 6.94. The molecule has 12 heteroatoms. The van der Waals surface area contributed by atoms with Crippen LogP contribution in [0.15, 0.2) is 42.5 Å². The molecule has 3 aromatic carbocycles. The topological polar surface area (TPSA) is 108 Å². The van der Waals surface area contributed by atoms with Crippen molar-refractivity contribution in [3.63, 3.8) is 0 Å². The van der Waals surface area contributed by atoms with Gasteiger partial charge in [0.2, 0.25) is 0 Å². The first kappa shape index (κ1) is 33.1. The Labute approximate surface area is 271 Å². The first-order chi connectivity index (χ1) is 22.1. The first-order valence-corrected chi connectivity index (χ1v) is 17.4. The number of esters is 1. The second kappa shape index (κ2) is 12.4. The van der Waals surface area contributed by atoms with Crippen molar-refractivity contribution in [2.24, 2.45) is 0 Å². The quantitative estimate of drug-likeness (QED) is 0.273. The van der Waals surface area contributed by atoms with Gasteiger partial charge in [-0.05, 0) is 103 Å². The summed E-state index contributed by atoms with van der Waals surface area (Å²) in [6.45, 7) is 3.86. The van der Waals surface area contributed by atoms with Gasteiger partial charge in [-0.15, -0.1) is 0 Å². The maximum Gasteiger partial charge on any atom is 0.416 e. The largest absolute Gasteiger partial charge is 0.492 e. The fourth-order valence-corrected chi connectivity index (χ4v) is 8.45. The molecule has 3 aliphatic rings. The van der Waals surface area contributed by atoms with Crippen molar-refractivity contribution in [2.75, 3.05) is 31.8 Å². The zero-order valence-corrected chi connectivity index (χ0v) is 27.2. The average molecular weight is 675 g/mol. The number of sulfone groups is 1. The van der Waals surface area contributed by atoms with E-state index in [9.17, 15) is 31.5 Å². The van der Waals surface area contributed by atoms with Gasteiger partial charge in [0.1, 0.15) is 35.6 Å². The lowest BCUT2D eigenvalue weighted by Crippen LogP contribution is -2.43. The van der Waals surface area contributed by atoms with Crippen LogP contribution >= 0.6 is 0 Å². The Morgan fingerprint density at radius 2 is 1.72 bits per heavy atom. The van der Waals surface area contributed by atoms with E-state index in [0.29, 0.717) is 64.5 Å². The van der Waals surface area contributed by atoms with Crippen molar-refractivity contribution >= 4 is 15.8 Å². The molecule has 0 spiro atoms. The molecule has 1 fully saturated rings. The fraction of sp³-hybridized carbons (Fsp3) is 0.457. The van der Waals surface area contributed by atoms with Crippen molar-refractivity contribution in [2.45, 2.75) is 69.8 Å². The normalized spacial score (nSPS) is 21.0. The molecule has 2 heterocycles. The number of benzene rings is 3. The van der Waals surface area contributed by atoms with E-state index >= 15 is 0 Å². The number of fused-ring (bicyclic) bond motifs is 2. The van der Waals surface area contributed by atoms with E-state index in [4.69, 9.17) is 18.9 Å². The summed E-state index contributed by atoms with van der Waals surface area (Å²) >= 11 is 0. The molecular formula is C35H37F3O8S. The summed E-state index contributed by atoms with van der Waals surface area (Å²) in [6, 6.07) is 11.1. The molecular weight excluding hydrogens is 637 g/mol. The van der Waals surface area contributed by atoms with Crippen LogP contribution < -0.4 is 14.2 Å². The van der Waals surface area contributed by atoms with Gasteiger partial charge < -0.3 is 24.1 Å². The number of carbonyl (C=O) groups excluding carboxylic acids is 1. The third-order valence-corrected chi connectivity index (χ3v) is 11.1. The molecule has 47 heavy (non-hydrogen) atoms. The number of alkyl halides is 3. The molecule has 252 valence electrons. The van der Waals surface area contributed by atoms with Crippen LogP contribution in [0.5, 0.6) is 17.2 Å². The predicted octanol–water partition coefficient (Wildman–Crippen LogP) is 6.41. The van der Waals surface area contributed by atoms with Gasteiger partial charge in [-0.2, -0.15) is 13.2 Å². The van der Waals surface area contributed by atoms with E-state index in [1.807, 2.05) is 19.9 Å². The number of hydrogen-bond donors (Lipinski definition) is 1. The molecule has 1 aliphatic carbocycles. The zero-order chi connectivity index (χ0) is 33.7. The van der Waals surface area contributed by atoms with Gasteiger partial charge in [0.05, 0.1) is 37.2 Å². The Morgan fingerprint density at radius 3 is 2.38 bits per heavy atom. The van der Waals surface area contributed by atoms with Gasteiger partial charge >= 0.3 is 12.1 Å². The van der Waals surface area contributed by atoms with Gasteiger partial charge in [0.25, 0.3) is 0 Å². The molecule has 2 aliphatic heterocycles. The summed E-state index contributed by atoms with van der Waals surface area (Å²) in [5.41, 5.74) is 2.67. The lowest BCUT2D eigenvalue weighted by atomic mass is 9.88. The number of hydrogen-bond acceptors (Lipinski definition) is 8. The number of rotatable bonds is 8. The van der Waals surface area contributed by atoms with Gasteiger partial charge in [0, 0.05) is 17.5 Å². The van der Waals surface area contributed by atoms with Crippen molar-refractivity contribution in [1.29, 1.82) is 0 Å². The van der Waals surface area contributed by atoms with E-state index < -0.39 is 33.3 Å². The number of aryl methyl sites for hydroxylation is 2. The highest BCUT2D eigenvalue weighted by molar-refractivity contribution is 7.91. The Morgan fingerprint density at radius 1 is 1.02 bits per heavy atom. The maximum absolute atomic E-state index is 14.3. The van der Waals surface area contributed by atoms with Crippen molar-refractivity contribution in [1.82, 2.24) is 0 Å². The van der Waals surface area contributed by atoms with Gasteiger partial charge in [-0.1, -0.05) is 6.07 Å². The van der Waals surface area contributed by atoms with Crippen LogP contribution in [0.25, 0.3) is 11.1 Å². The Hall–Kier alpha value is -3.77. The van der Waals surface area contributed by atoms with Crippen LogP contribution in [0.2, 0.25) is 0 Å². The van der Waals surface area contributed by atoms with Gasteiger partial charge in [-0.25, -0.2) is 8.42 Å². The highest BCUT2D eigenvalue weighted by Crippen LogP contribution is 2.47. The van der Waals surface area contributed by atoms with Crippen LogP contribution in [-0.4, -0.2) is 56.9 Å². The van der Waals surface area contributed by atoms with Crippen LogP contribution in [0, 0.1) is 13.8 Å². The molecule has 0 bridgehead atoms. The summed E-state index contributed by atoms with van der Waals surface area (Å²) in [7, 11) is -1.83. The highest BCUT2D eigenvalue weighted by atomic mass is 32.2. The molecule has 6 rings (SSSR count). The lowest BCUT2D eigenvalue weighted by Gasteiger charge is -2.31. The standard InChI is InChI=1S/C35H37F3O8S/c1-20-12-25(45-19-34(40)8-10-47(41,42)11-9-34)13-21(2)33(20)29-16-23(35(36,37)38)15-28-27(29)6-7-30(28)46-24-4-5-26-22(14-32(39)43-3)18-44-31(26)17-24/h4-5,12-13,15-17,22,30,40H,6-11,14,18-19H2,1-3H3/t22-,30?/m1/s1. The minimum atomic E-state index is -4.58. The average Bonchev–Trinajstić information content (AvgIpc) is 3.60. The number of methoxy groups -OCH3 is 1. The summed E-state index contributed by atoms with van der Waals surface area (Å²) in [5.74, 6) is 0.799. The number of carbonyl (C=O) groups is 1. The lowest BCUT2D eigenvalue weighted by molar-refractivity contribution is -0.141. The predicted molar refractivity (Wildman–Crippen MR) is 168 cm³/mol. The summed E-state index contributed by atoms with van der Waals surface area (Å²) in [6.07, 6.45) is -3.84. The van der Waals surface area contributed by atoms with Crippen LogP contribution in [-0.2, 0) is 32.0 Å². The van der Waals surface area contributed by atoms with Crippen LogP contribution in [0.4, 0.5) is 13.2 Å². The number of ether oxygens (including phenoxy) is 4. The second-order valence-electron chi connectivity index (χ2n) is 12.8. The Bertz CT molecular complexity index is 1780. The number of aliphatic hydroxyl groups is 1. The van der Waals surface area contributed by atoms with E-state index in [2.05, 4.69) is 0 Å². The molecule has 1 N–H and O–H groups in total. The molecule has 0 radical (unpaired) electrons. The first-order valence-electron chi connectivity index (χ1n) is 15.6. The second-order valence-corrected chi connectivity index (χ2v) is 15.1. The molecule has 1 unspecified atom stereocenters. The minimum Gasteiger partial charge on any atom is -0.492 e. The van der Waals surface area contributed by atoms with Crippen molar-refractivity contribution in [3.05, 3.63) is 75.8 Å². The summed E-state index contributed by atoms with van der Waals surface area (Å²) in [4.78, 5) is 11.8. The molecule has 0 amide bonds. The van der Waals surface area contributed by atoms with E-state index in [1.54, 1.807) is 24.3 Å². The fourth-order valence-electron chi connectivity index (χ4n) is 6.86. The van der Waals surface area contributed by atoms with Gasteiger partial charge in [-0.3, -0.25) is 4.79 Å². The SMILES string of the molecule is COC(=O)C[C@@H]1COc2cc(OC3CCc4c(-c5c(C)cc(OCC6(O)CCS(=O)(=O)CC6)cc5C)cc(C(F)(F)F)cc43)ccc21. The van der Waals surface area contributed by atoms with Crippen molar-refractivity contribution in [3.8, 4) is 28.4 Å². The van der Waals surface area contributed by atoms with Crippen LogP contribution in [0.3, 0.4) is 0 Å². The van der Waals surface area contributed by atoms with E-state index in [0.717, 1.165) is 11.1 Å². The van der Waals surface area contributed by atoms with Crippen molar-refractivity contribution < 1.29 is 50.4 Å². The Balaban J connectivity index is 1.27. The zero-order valence-electron chi connectivity index (χ0n) is 26.4. The monoisotopic (exact) mass is 674 g/mol. The maximum atomic E-state index is 14.3. The number of halogens is 3. The van der Waals surface area contributed by atoms with E-state index in [1.165, 1.54) is 19.2 Å². The Kier molecular flexibility index (Phi) is 8.71. The van der Waals surface area contributed by atoms with Gasteiger partial charge in [0.15, 0.2) is 9.84 Å². The third-order valence-electron chi connectivity index (χ3n) is 9.44. The molecule has 0 aromatic heterocycles. The molecule has 3 aromatic rings.